The summed E-state index contributed by atoms with van der Waals surface area (Å²) in [7, 11) is 0. The van der Waals surface area contributed by atoms with Crippen LogP contribution in [0.1, 0.15) is 26.3 Å². The number of rotatable bonds is 5. The summed E-state index contributed by atoms with van der Waals surface area (Å²) >= 11 is 0. The Morgan fingerprint density at radius 2 is 1.94 bits per heavy atom. The number of nitrogens with one attached hydrogen (secondary N) is 1. The average molecular weight is 236 g/mol. The molecule has 4 N–H and O–H groups in total. The van der Waals surface area contributed by atoms with Crippen molar-refractivity contribution in [2.24, 2.45) is 5.73 Å². The number of amides is 1. The Bertz CT molecular complexity index is 379. The van der Waals surface area contributed by atoms with Crippen LogP contribution >= 0.6 is 0 Å². The number of primary amides is 1. The van der Waals surface area contributed by atoms with Crippen LogP contribution in [0.3, 0.4) is 0 Å². The van der Waals surface area contributed by atoms with Gasteiger partial charge in [-0.1, -0.05) is 12.1 Å². The van der Waals surface area contributed by atoms with Crippen molar-refractivity contribution in [2.75, 3.05) is 5.32 Å². The molecule has 0 bridgehead atoms. The van der Waals surface area contributed by atoms with E-state index in [-0.39, 0.29) is 18.4 Å². The first-order valence-corrected chi connectivity index (χ1v) is 5.65. The predicted octanol–water partition coefficient (Wildman–Crippen LogP) is 1.29. The van der Waals surface area contributed by atoms with Crippen LogP contribution in [0.4, 0.5) is 5.69 Å². The molecule has 1 atom stereocenters. The van der Waals surface area contributed by atoms with Gasteiger partial charge in [-0.25, -0.2) is 0 Å². The summed E-state index contributed by atoms with van der Waals surface area (Å²) in [5.41, 5.74) is 6.12. The van der Waals surface area contributed by atoms with Crippen molar-refractivity contribution in [3.8, 4) is 0 Å². The maximum absolute atomic E-state index is 10.7. The first-order valence-electron chi connectivity index (χ1n) is 5.65. The molecule has 0 heterocycles. The summed E-state index contributed by atoms with van der Waals surface area (Å²) in [6.45, 7) is 5.43. The summed E-state index contributed by atoms with van der Waals surface area (Å²) in [6, 6.07) is 7.39. The van der Waals surface area contributed by atoms with Gasteiger partial charge in [-0.05, 0) is 38.5 Å². The smallest absolute Gasteiger partial charge is 0.221 e. The van der Waals surface area contributed by atoms with E-state index in [0.29, 0.717) is 0 Å². The molecule has 4 nitrogen and oxygen atoms in total. The lowest BCUT2D eigenvalue weighted by Gasteiger charge is -2.27. The second-order valence-corrected chi connectivity index (χ2v) is 4.86. The zero-order valence-corrected chi connectivity index (χ0v) is 10.5. The van der Waals surface area contributed by atoms with E-state index in [2.05, 4.69) is 5.32 Å². The predicted molar refractivity (Wildman–Crippen MR) is 68.7 cm³/mol. The van der Waals surface area contributed by atoms with Crippen molar-refractivity contribution in [3.63, 3.8) is 0 Å². The number of hydrogen-bond acceptors (Lipinski definition) is 3. The second-order valence-electron chi connectivity index (χ2n) is 4.86. The second kappa shape index (κ2) is 5.19. The minimum atomic E-state index is -0.786. The summed E-state index contributed by atoms with van der Waals surface area (Å²) < 4.78 is 0. The van der Waals surface area contributed by atoms with Gasteiger partial charge < -0.3 is 16.2 Å². The van der Waals surface area contributed by atoms with Crippen molar-refractivity contribution in [1.82, 2.24) is 0 Å². The molecule has 1 unspecified atom stereocenters. The van der Waals surface area contributed by atoms with Crippen LogP contribution < -0.4 is 11.1 Å². The Balaban J connectivity index is 2.65. The number of nitrogens with two attached hydrogens (primary N) is 1. The highest BCUT2D eigenvalue weighted by atomic mass is 16.3. The van der Waals surface area contributed by atoms with Crippen molar-refractivity contribution in [1.29, 1.82) is 0 Å². The topological polar surface area (TPSA) is 75.3 Å². The van der Waals surface area contributed by atoms with Crippen molar-refractivity contribution in [2.45, 2.75) is 38.8 Å². The molecule has 0 radical (unpaired) electrons. The third kappa shape index (κ3) is 4.44. The molecule has 1 rings (SSSR count). The van der Waals surface area contributed by atoms with E-state index >= 15 is 0 Å². The zero-order chi connectivity index (χ0) is 13.1. The molecular weight excluding hydrogens is 216 g/mol. The van der Waals surface area contributed by atoms with E-state index in [1.165, 1.54) is 0 Å². The first kappa shape index (κ1) is 13.5. The third-order valence-corrected chi connectivity index (χ3v) is 2.78. The van der Waals surface area contributed by atoms with Gasteiger partial charge in [0.05, 0.1) is 18.1 Å². The van der Waals surface area contributed by atoms with Gasteiger partial charge in [0.25, 0.3) is 0 Å². The Labute approximate surface area is 102 Å². The van der Waals surface area contributed by atoms with Crippen LogP contribution in [-0.4, -0.2) is 22.7 Å². The Kier molecular flexibility index (Phi) is 4.12. The van der Waals surface area contributed by atoms with Gasteiger partial charge in [0.2, 0.25) is 5.91 Å². The molecule has 0 aliphatic rings. The van der Waals surface area contributed by atoms with Crippen LogP contribution in [-0.2, 0) is 11.2 Å². The largest absolute Gasteiger partial charge is 0.388 e. The number of benzene rings is 1. The molecule has 1 aromatic rings. The number of carbonyl (C=O) groups is 1. The number of aliphatic hydroxyl groups is 1. The lowest BCUT2D eigenvalue weighted by atomic mass is 10.0. The summed E-state index contributed by atoms with van der Waals surface area (Å²) in [5, 5.41) is 13.0. The third-order valence-electron chi connectivity index (χ3n) is 2.78. The molecule has 1 aromatic carbocycles. The minimum absolute atomic E-state index is 0.0653. The molecule has 4 heteroatoms. The van der Waals surface area contributed by atoms with Crippen LogP contribution in [0.2, 0.25) is 0 Å². The van der Waals surface area contributed by atoms with Gasteiger partial charge in [0, 0.05) is 5.69 Å². The Hall–Kier alpha value is -1.55. The molecule has 0 spiro atoms. The van der Waals surface area contributed by atoms with Crippen LogP contribution in [0.25, 0.3) is 0 Å². The van der Waals surface area contributed by atoms with Crippen LogP contribution in [0.5, 0.6) is 0 Å². The fraction of sp³-hybridized carbons (Fsp3) is 0.462. The fourth-order valence-corrected chi connectivity index (χ4v) is 1.35. The van der Waals surface area contributed by atoms with Crippen molar-refractivity contribution >= 4 is 11.6 Å². The standard InChI is InChI=1S/C13H20N2O2/c1-9(13(2,3)17)15-11-6-4-10(5-7-11)8-12(14)16/h4-7,9,15,17H,8H2,1-3H3,(H2,14,16). The highest BCUT2D eigenvalue weighted by molar-refractivity contribution is 5.76. The lowest BCUT2D eigenvalue weighted by molar-refractivity contribution is -0.117. The molecule has 94 valence electrons. The number of carbonyl (C=O) groups excluding carboxylic acids is 1. The molecule has 0 aliphatic carbocycles. The van der Waals surface area contributed by atoms with Gasteiger partial charge in [-0.15, -0.1) is 0 Å². The summed E-state index contributed by atoms with van der Waals surface area (Å²) in [4.78, 5) is 10.7. The Morgan fingerprint density at radius 1 is 1.41 bits per heavy atom. The summed E-state index contributed by atoms with van der Waals surface area (Å²) in [6.07, 6.45) is 0.251. The van der Waals surface area contributed by atoms with Crippen LogP contribution in [0.15, 0.2) is 24.3 Å². The lowest BCUT2D eigenvalue weighted by Crippen LogP contribution is -2.39. The highest BCUT2D eigenvalue weighted by Gasteiger charge is 2.21. The zero-order valence-electron chi connectivity index (χ0n) is 10.5. The quantitative estimate of drug-likeness (QED) is 0.721. The molecule has 0 aliphatic heterocycles. The van der Waals surface area contributed by atoms with Gasteiger partial charge in [-0.2, -0.15) is 0 Å². The molecule has 0 saturated heterocycles. The number of hydrogen-bond donors (Lipinski definition) is 3. The molecule has 0 saturated carbocycles. The summed E-state index contributed by atoms with van der Waals surface area (Å²) in [5.74, 6) is -0.337. The molecule has 1 amide bonds. The molecule has 0 fully saturated rings. The normalized spacial score (nSPS) is 13.2. The Morgan fingerprint density at radius 3 is 2.35 bits per heavy atom. The van der Waals surface area contributed by atoms with E-state index in [4.69, 9.17) is 5.73 Å². The maximum Gasteiger partial charge on any atom is 0.221 e. The molecular formula is C13H20N2O2. The van der Waals surface area contributed by atoms with Gasteiger partial charge in [0.1, 0.15) is 0 Å². The van der Waals surface area contributed by atoms with E-state index in [0.717, 1.165) is 11.3 Å². The number of anilines is 1. The minimum Gasteiger partial charge on any atom is -0.388 e. The molecule has 17 heavy (non-hydrogen) atoms. The fourth-order valence-electron chi connectivity index (χ4n) is 1.35. The van der Waals surface area contributed by atoms with Gasteiger partial charge >= 0.3 is 0 Å². The van der Waals surface area contributed by atoms with Gasteiger partial charge in [-0.3, -0.25) is 4.79 Å². The van der Waals surface area contributed by atoms with Crippen molar-refractivity contribution in [3.05, 3.63) is 29.8 Å². The van der Waals surface area contributed by atoms with E-state index in [9.17, 15) is 9.90 Å². The van der Waals surface area contributed by atoms with E-state index < -0.39 is 5.60 Å². The molecule has 0 aromatic heterocycles. The maximum atomic E-state index is 10.7. The van der Waals surface area contributed by atoms with E-state index in [1.54, 1.807) is 13.8 Å². The highest BCUT2D eigenvalue weighted by Crippen LogP contribution is 2.16. The van der Waals surface area contributed by atoms with Crippen LogP contribution in [0, 0.1) is 0 Å². The monoisotopic (exact) mass is 236 g/mol. The van der Waals surface area contributed by atoms with E-state index in [1.807, 2.05) is 31.2 Å². The first-order chi connectivity index (χ1) is 7.79. The average Bonchev–Trinajstić information content (AvgIpc) is 2.18. The van der Waals surface area contributed by atoms with Crippen molar-refractivity contribution < 1.29 is 9.90 Å². The van der Waals surface area contributed by atoms with Gasteiger partial charge in [0.15, 0.2) is 0 Å². The SMILES string of the molecule is CC(Nc1ccc(CC(N)=O)cc1)C(C)(C)O.